The lowest BCUT2D eigenvalue weighted by atomic mass is 10.0. The molecule has 0 bridgehead atoms. The molecule has 1 aliphatic heterocycles. The summed E-state index contributed by atoms with van der Waals surface area (Å²) in [7, 11) is 0. The van der Waals surface area contributed by atoms with Gasteiger partial charge in [-0.25, -0.2) is 0 Å². The zero-order valence-corrected chi connectivity index (χ0v) is 11.0. The predicted molar refractivity (Wildman–Crippen MR) is 72.4 cm³/mol. The van der Waals surface area contributed by atoms with Crippen molar-refractivity contribution in [1.82, 2.24) is 20.3 Å². The minimum atomic E-state index is 0.397. The van der Waals surface area contributed by atoms with Crippen LogP contribution in [0.15, 0.2) is 30.6 Å². The Bertz CT molecular complexity index is 532. The second-order valence-electron chi connectivity index (χ2n) is 4.86. The van der Waals surface area contributed by atoms with Crippen molar-refractivity contribution in [2.45, 2.75) is 19.4 Å². The number of aryl methyl sites for hydroxylation is 1. The van der Waals surface area contributed by atoms with Gasteiger partial charge in [-0.15, -0.1) is 0 Å². The van der Waals surface area contributed by atoms with Gasteiger partial charge in [-0.05, 0) is 36.6 Å². The van der Waals surface area contributed by atoms with Crippen molar-refractivity contribution >= 4 is 0 Å². The normalized spacial score (nSPS) is 19.5. The second-order valence-corrected chi connectivity index (χ2v) is 4.86. The van der Waals surface area contributed by atoms with Crippen LogP contribution in [0.4, 0.5) is 0 Å². The fourth-order valence-electron chi connectivity index (χ4n) is 2.37. The lowest BCUT2D eigenvalue weighted by molar-refractivity contribution is 0.0770. The van der Waals surface area contributed by atoms with Crippen LogP contribution in [-0.2, 0) is 11.2 Å². The summed E-state index contributed by atoms with van der Waals surface area (Å²) in [6.45, 7) is 4.67. The molecule has 0 amide bonds. The number of ether oxygens (including phenoxy) is 1. The molecule has 2 aromatic rings. The van der Waals surface area contributed by atoms with Crippen LogP contribution in [0.25, 0.3) is 5.69 Å². The van der Waals surface area contributed by atoms with Gasteiger partial charge in [-0.3, -0.25) is 0 Å². The van der Waals surface area contributed by atoms with E-state index in [0.717, 1.165) is 31.9 Å². The standard InChI is InChI=1S/C14H18N4O/c1-11-2-3-14(18-16-4-5-17-18)9-12(11)8-13-10-19-7-6-15-13/h2-5,9,13,15H,6-8,10H2,1H3/t13-/m1/s1. The second kappa shape index (κ2) is 5.50. The van der Waals surface area contributed by atoms with Crippen LogP contribution in [0.1, 0.15) is 11.1 Å². The van der Waals surface area contributed by atoms with Crippen molar-refractivity contribution in [3.8, 4) is 5.69 Å². The summed E-state index contributed by atoms with van der Waals surface area (Å²) in [5.41, 5.74) is 3.61. The molecule has 1 aromatic heterocycles. The van der Waals surface area contributed by atoms with E-state index in [2.05, 4.69) is 34.6 Å². The van der Waals surface area contributed by atoms with Gasteiger partial charge in [0.2, 0.25) is 0 Å². The Labute approximate surface area is 112 Å². The van der Waals surface area contributed by atoms with Gasteiger partial charge < -0.3 is 10.1 Å². The minimum absolute atomic E-state index is 0.397. The van der Waals surface area contributed by atoms with E-state index in [1.807, 2.05) is 6.07 Å². The van der Waals surface area contributed by atoms with Gasteiger partial charge in [-0.1, -0.05) is 6.07 Å². The van der Waals surface area contributed by atoms with E-state index in [9.17, 15) is 0 Å². The van der Waals surface area contributed by atoms with Crippen LogP contribution in [0.5, 0.6) is 0 Å². The molecule has 0 unspecified atom stereocenters. The summed E-state index contributed by atoms with van der Waals surface area (Å²) in [6.07, 6.45) is 4.35. The van der Waals surface area contributed by atoms with E-state index in [1.54, 1.807) is 17.2 Å². The summed E-state index contributed by atoms with van der Waals surface area (Å²) in [6, 6.07) is 6.72. The van der Waals surface area contributed by atoms with Gasteiger partial charge in [0, 0.05) is 12.6 Å². The summed E-state index contributed by atoms with van der Waals surface area (Å²) in [5.74, 6) is 0. The van der Waals surface area contributed by atoms with Crippen LogP contribution in [-0.4, -0.2) is 40.8 Å². The Balaban J connectivity index is 1.81. The molecule has 1 aliphatic rings. The maximum absolute atomic E-state index is 5.50. The van der Waals surface area contributed by atoms with Crippen molar-refractivity contribution < 1.29 is 4.74 Å². The number of nitrogens with one attached hydrogen (secondary N) is 1. The van der Waals surface area contributed by atoms with Crippen molar-refractivity contribution in [2.75, 3.05) is 19.8 Å². The minimum Gasteiger partial charge on any atom is -0.379 e. The molecule has 5 heteroatoms. The first kappa shape index (κ1) is 12.3. The molecule has 100 valence electrons. The average molecular weight is 258 g/mol. The Kier molecular flexibility index (Phi) is 3.57. The highest BCUT2D eigenvalue weighted by Crippen LogP contribution is 2.16. The third kappa shape index (κ3) is 2.83. The summed E-state index contributed by atoms with van der Waals surface area (Å²) >= 11 is 0. The molecule has 3 rings (SSSR count). The third-order valence-electron chi connectivity index (χ3n) is 3.45. The fourth-order valence-corrected chi connectivity index (χ4v) is 2.37. The van der Waals surface area contributed by atoms with Crippen LogP contribution >= 0.6 is 0 Å². The highest BCUT2D eigenvalue weighted by Gasteiger charge is 2.15. The Morgan fingerprint density at radius 2 is 2.21 bits per heavy atom. The summed E-state index contributed by atoms with van der Waals surface area (Å²) in [5, 5.41) is 11.8. The molecular formula is C14H18N4O. The van der Waals surface area contributed by atoms with Crippen LogP contribution in [0.3, 0.4) is 0 Å². The van der Waals surface area contributed by atoms with E-state index in [1.165, 1.54) is 11.1 Å². The number of benzene rings is 1. The molecular weight excluding hydrogens is 240 g/mol. The zero-order valence-electron chi connectivity index (χ0n) is 11.0. The maximum Gasteiger partial charge on any atom is 0.0859 e. The van der Waals surface area contributed by atoms with E-state index in [-0.39, 0.29) is 0 Å². The first-order valence-corrected chi connectivity index (χ1v) is 6.60. The van der Waals surface area contributed by atoms with Crippen LogP contribution in [0, 0.1) is 6.92 Å². The van der Waals surface area contributed by atoms with Gasteiger partial charge in [0.25, 0.3) is 0 Å². The molecule has 1 N–H and O–H groups in total. The van der Waals surface area contributed by atoms with Crippen molar-refractivity contribution in [3.63, 3.8) is 0 Å². The smallest absolute Gasteiger partial charge is 0.0859 e. The van der Waals surface area contributed by atoms with Crippen molar-refractivity contribution in [3.05, 3.63) is 41.7 Å². The topological polar surface area (TPSA) is 52.0 Å². The lowest BCUT2D eigenvalue weighted by Gasteiger charge is -2.24. The molecule has 1 saturated heterocycles. The highest BCUT2D eigenvalue weighted by atomic mass is 16.5. The molecule has 19 heavy (non-hydrogen) atoms. The lowest BCUT2D eigenvalue weighted by Crippen LogP contribution is -2.42. The largest absolute Gasteiger partial charge is 0.379 e. The Morgan fingerprint density at radius 1 is 1.37 bits per heavy atom. The number of nitrogens with zero attached hydrogens (tertiary/aromatic N) is 3. The molecule has 1 aromatic carbocycles. The quantitative estimate of drug-likeness (QED) is 0.896. The molecule has 5 nitrogen and oxygen atoms in total. The number of morpholine rings is 1. The molecule has 1 atom stereocenters. The van der Waals surface area contributed by atoms with Gasteiger partial charge in [0.05, 0.1) is 31.3 Å². The zero-order chi connectivity index (χ0) is 13.1. The van der Waals surface area contributed by atoms with Crippen molar-refractivity contribution in [1.29, 1.82) is 0 Å². The van der Waals surface area contributed by atoms with Crippen molar-refractivity contribution in [2.24, 2.45) is 0 Å². The molecule has 0 radical (unpaired) electrons. The Hall–Kier alpha value is -1.72. The fraction of sp³-hybridized carbons (Fsp3) is 0.429. The predicted octanol–water partition coefficient (Wildman–Crippen LogP) is 1.11. The Morgan fingerprint density at radius 3 is 2.95 bits per heavy atom. The average Bonchev–Trinajstić information content (AvgIpc) is 2.96. The maximum atomic E-state index is 5.50. The van der Waals surface area contributed by atoms with E-state index in [0.29, 0.717) is 6.04 Å². The number of aromatic nitrogens is 3. The number of rotatable bonds is 3. The molecule has 0 aliphatic carbocycles. The SMILES string of the molecule is Cc1ccc(-n2nccn2)cc1C[C@@H]1COCCN1. The molecule has 0 spiro atoms. The highest BCUT2D eigenvalue weighted by molar-refractivity contribution is 5.39. The summed E-state index contributed by atoms with van der Waals surface area (Å²) < 4.78 is 5.50. The van der Waals surface area contributed by atoms with Gasteiger partial charge in [0.1, 0.15) is 0 Å². The number of hydrogen-bond acceptors (Lipinski definition) is 4. The monoisotopic (exact) mass is 258 g/mol. The first-order valence-electron chi connectivity index (χ1n) is 6.60. The van der Waals surface area contributed by atoms with E-state index < -0.39 is 0 Å². The third-order valence-corrected chi connectivity index (χ3v) is 3.45. The van der Waals surface area contributed by atoms with Crippen LogP contribution < -0.4 is 5.32 Å². The molecule has 1 fully saturated rings. The summed E-state index contributed by atoms with van der Waals surface area (Å²) in [4.78, 5) is 1.65. The first-order chi connectivity index (χ1) is 9.33. The van der Waals surface area contributed by atoms with Gasteiger partial charge >= 0.3 is 0 Å². The van der Waals surface area contributed by atoms with Crippen LogP contribution in [0.2, 0.25) is 0 Å². The van der Waals surface area contributed by atoms with Gasteiger partial charge in [-0.2, -0.15) is 15.0 Å². The molecule has 2 heterocycles. The molecule has 0 saturated carbocycles. The van der Waals surface area contributed by atoms with E-state index in [4.69, 9.17) is 4.74 Å². The van der Waals surface area contributed by atoms with Gasteiger partial charge in [0.15, 0.2) is 0 Å². The number of hydrogen-bond donors (Lipinski definition) is 1. The van der Waals surface area contributed by atoms with E-state index >= 15 is 0 Å².